The van der Waals surface area contributed by atoms with Gasteiger partial charge in [-0.2, -0.15) is 11.8 Å². The maximum Gasteiger partial charge on any atom is 0.249 e. The summed E-state index contributed by atoms with van der Waals surface area (Å²) in [6, 6.07) is -0.353. The Morgan fingerprint density at radius 2 is 1.81 bits per heavy atom. The number of carbonyl (C=O) groups excluding carboxylic acids is 2. The lowest BCUT2D eigenvalue weighted by atomic mass is 9.86. The van der Waals surface area contributed by atoms with E-state index in [9.17, 15) is 9.59 Å². The van der Waals surface area contributed by atoms with Gasteiger partial charge in [0.05, 0.1) is 0 Å². The third kappa shape index (κ3) is 2.81. The number of hydrogen-bond donors (Lipinski definition) is 1. The van der Waals surface area contributed by atoms with Crippen LogP contribution in [-0.2, 0) is 9.59 Å². The van der Waals surface area contributed by atoms with E-state index in [2.05, 4.69) is 11.6 Å². The van der Waals surface area contributed by atoms with Crippen molar-refractivity contribution >= 4 is 23.6 Å². The molecule has 21 heavy (non-hydrogen) atoms. The summed E-state index contributed by atoms with van der Waals surface area (Å²) in [5.74, 6) is 0.104. The molecule has 0 spiro atoms. The molecule has 1 saturated heterocycles. The van der Waals surface area contributed by atoms with E-state index in [1.807, 2.05) is 37.4 Å². The summed E-state index contributed by atoms with van der Waals surface area (Å²) in [6.45, 7) is 6.53. The maximum atomic E-state index is 13.0. The Balaban J connectivity index is 2.26. The highest BCUT2D eigenvalue weighted by Crippen LogP contribution is 2.42. The minimum Gasteiger partial charge on any atom is -0.340 e. The minimum absolute atomic E-state index is 0.00690. The van der Waals surface area contributed by atoms with Gasteiger partial charge in [0, 0.05) is 11.3 Å². The molecule has 1 aliphatic carbocycles. The first-order valence-corrected chi connectivity index (χ1v) is 9.34. The monoisotopic (exact) mass is 312 g/mol. The summed E-state index contributed by atoms with van der Waals surface area (Å²) in [7, 11) is 0. The van der Waals surface area contributed by atoms with Crippen molar-refractivity contribution in [3.05, 3.63) is 0 Å². The number of thioether (sulfide) groups is 1. The van der Waals surface area contributed by atoms with Crippen molar-refractivity contribution in [3.63, 3.8) is 0 Å². The van der Waals surface area contributed by atoms with Crippen molar-refractivity contribution in [1.82, 2.24) is 10.2 Å². The highest BCUT2D eigenvalue weighted by Gasteiger charge is 2.49. The molecule has 0 radical (unpaired) electrons. The van der Waals surface area contributed by atoms with Gasteiger partial charge in [0.1, 0.15) is 11.6 Å². The van der Waals surface area contributed by atoms with Gasteiger partial charge in [-0.1, -0.05) is 26.7 Å². The van der Waals surface area contributed by atoms with Gasteiger partial charge in [-0.15, -0.1) is 0 Å². The van der Waals surface area contributed by atoms with Crippen LogP contribution in [0.1, 0.15) is 59.3 Å². The molecule has 5 heteroatoms. The third-order valence-corrected chi connectivity index (χ3v) is 6.90. The van der Waals surface area contributed by atoms with Crippen LogP contribution in [0.4, 0.5) is 0 Å². The zero-order valence-corrected chi connectivity index (χ0v) is 14.5. The van der Waals surface area contributed by atoms with Crippen LogP contribution < -0.4 is 5.32 Å². The largest absolute Gasteiger partial charge is 0.340 e. The Morgan fingerprint density at radius 3 is 2.29 bits per heavy atom. The number of amides is 2. The third-order valence-electron chi connectivity index (χ3n) is 5.49. The number of piperazine rings is 1. The highest BCUT2D eigenvalue weighted by molar-refractivity contribution is 8.00. The molecule has 2 rings (SSSR count). The molecule has 0 bridgehead atoms. The molecular weight excluding hydrogens is 284 g/mol. The zero-order valence-electron chi connectivity index (χ0n) is 13.7. The first-order valence-electron chi connectivity index (χ1n) is 8.12. The number of nitrogens with zero attached hydrogens (tertiary/aromatic N) is 1. The quantitative estimate of drug-likeness (QED) is 0.849. The molecule has 2 amide bonds. The summed E-state index contributed by atoms with van der Waals surface area (Å²) in [6.07, 6.45) is 8.21. The van der Waals surface area contributed by atoms with Gasteiger partial charge in [-0.25, -0.2) is 0 Å². The van der Waals surface area contributed by atoms with Gasteiger partial charge in [-0.3, -0.25) is 9.59 Å². The van der Waals surface area contributed by atoms with Crippen molar-refractivity contribution in [1.29, 1.82) is 0 Å². The van der Waals surface area contributed by atoms with Crippen LogP contribution in [0, 0.1) is 0 Å². The van der Waals surface area contributed by atoms with Crippen LogP contribution in [0.25, 0.3) is 0 Å². The second kappa shape index (κ2) is 6.19. The second-order valence-electron chi connectivity index (χ2n) is 6.48. The predicted octanol–water partition coefficient (Wildman–Crippen LogP) is 2.57. The van der Waals surface area contributed by atoms with Crippen LogP contribution in [0.2, 0.25) is 0 Å². The van der Waals surface area contributed by atoms with Crippen molar-refractivity contribution in [3.8, 4) is 0 Å². The van der Waals surface area contributed by atoms with Gasteiger partial charge in [0.25, 0.3) is 0 Å². The summed E-state index contributed by atoms with van der Waals surface area (Å²) >= 11 is 1.87. The van der Waals surface area contributed by atoms with Crippen LogP contribution in [0.5, 0.6) is 0 Å². The lowest BCUT2D eigenvalue weighted by Crippen LogP contribution is -2.70. The first-order chi connectivity index (χ1) is 9.93. The smallest absolute Gasteiger partial charge is 0.249 e. The van der Waals surface area contributed by atoms with E-state index < -0.39 is 5.54 Å². The molecule has 1 N–H and O–H groups in total. The average Bonchev–Trinajstić information content (AvgIpc) is 2.97. The van der Waals surface area contributed by atoms with Crippen LogP contribution in [0.3, 0.4) is 0 Å². The number of nitrogens with one attached hydrogen (secondary N) is 1. The Hall–Kier alpha value is -0.710. The summed E-state index contributed by atoms with van der Waals surface area (Å²) < 4.78 is 0.148. The van der Waals surface area contributed by atoms with E-state index in [1.165, 1.54) is 12.8 Å². The molecule has 120 valence electrons. The molecule has 0 aromatic heterocycles. The van der Waals surface area contributed by atoms with E-state index in [0.29, 0.717) is 19.4 Å². The molecule has 1 unspecified atom stereocenters. The van der Waals surface area contributed by atoms with E-state index in [-0.39, 0.29) is 22.6 Å². The van der Waals surface area contributed by atoms with E-state index >= 15 is 0 Å². The topological polar surface area (TPSA) is 49.4 Å². The maximum absolute atomic E-state index is 13.0. The normalized spacial score (nSPS) is 27.8. The van der Waals surface area contributed by atoms with Crippen molar-refractivity contribution < 1.29 is 9.59 Å². The van der Waals surface area contributed by atoms with Gasteiger partial charge in [0.2, 0.25) is 11.8 Å². The van der Waals surface area contributed by atoms with Gasteiger partial charge in [0.15, 0.2) is 0 Å². The molecule has 2 fully saturated rings. The Morgan fingerprint density at radius 1 is 1.24 bits per heavy atom. The molecule has 0 aromatic rings. The SMILES string of the molecule is CCC1(CC)NC(=O)C(C)N(CC2(SC)CCCC2)C1=O. The number of rotatable bonds is 5. The van der Waals surface area contributed by atoms with Crippen LogP contribution in [-0.4, -0.2) is 45.8 Å². The fraction of sp³-hybridized carbons (Fsp3) is 0.875. The predicted molar refractivity (Wildman–Crippen MR) is 87.3 cm³/mol. The van der Waals surface area contributed by atoms with Gasteiger partial charge < -0.3 is 10.2 Å². The van der Waals surface area contributed by atoms with E-state index in [4.69, 9.17) is 0 Å². The lowest BCUT2D eigenvalue weighted by molar-refractivity contribution is -0.155. The summed E-state index contributed by atoms with van der Waals surface area (Å²) in [5.41, 5.74) is -0.693. The Labute approximate surface area is 132 Å². The molecule has 1 heterocycles. The minimum atomic E-state index is -0.693. The molecule has 4 nitrogen and oxygen atoms in total. The van der Waals surface area contributed by atoms with Crippen LogP contribution in [0.15, 0.2) is 0 Å². The summed E-state index contributed by atoms with van der Waals surface area (Å²) in [5, 5.41) is 2.98. The molecule has 1 aliphatic heterocycles. The van der Waals surface area contributed by atoms with E-state index in [1.54, 1.807) is 0 Å². The van der Waals surface area contributed by atoms with Crippen molar-refractivity contribution in [2.24, 2.45) is 0 Å². The van der Waals surface area contributed by atoms with Crippen molar-refractivity contribution in [2.75, 3.05) is 12.8 Å². The molecule has 2 aliphatic rings. The molecule has 0 aromatic carbocycles. The molecule has 1 saturated carbocycles. The first kappa shape index (κ1) is 16.7. The van der Waals surface area contributed by atoms with Gasteiger partial charge >= 0.3 is 0 Å². The standard InChI is InChI=1S/C16H28N2O2S/c1-5-16(6-2)14(20)18(12(3)13(19)17-16)11-15(21-4)9-7-8-10-15/h12H,5-11H2,1-4H3,(H,17,19). The fourth-order valence-electron chi connectivity index (χ4n) is 3.68. The van der Waals surface area contributed by atoms with Gasteiger partial charge in [-0.05, 0) is 38.9 Å². The number of hydrogen-bond acceptors (Lipinski definition) is 3. The second-order valence-corrected chi connectivity index (χ2v) is 7.76. The number of carbonyl (C=O) groups is 2. The summed E-state index contributed by atoms with van der Waals surface area (Å²) in [4.78, 5) is 27.2. The lowest BCUT2D eigenvalue weighted by Gasteiger charge is -2.47. The molecule has 1 atom stereocenters. The Bertz CT molecular complexity index is 415. The Kier molecular flexibility index (Phi) is 4.91. The van der Waals surface area contributed by atoms with Crippen LogP contribution >= 0.6 is 11.8 Å². The highest BCUT2D eigenvalue weighted by atomic mass is 32.2. The zero-order chi connectivity index (χ0) is 15.7. The molecular formula is C16H28N2O2S. The average molecular weight is 312 g/mol. The van der Waals surface area contributed by atoms with Crippen molar-refractivity contribution in [2.45, 2.75) is 75.6 Å². The fourth-order valence-corrected chi connectivity index (χ4v) is 4.65. The van der Waals surface area contributed by atoms with E-state index in [0.717, 1.165) is 12.8 Å².